The Hall–Kier alpha value is -3.26. The van der Waals surface area contributed by atoms with Crippen molar-refractivity contribution in [1.29, 1.82) is 10.5 Å². The van der Waals surface area contributed by atoms with Gasteiger partial charge in [-0.25, -0.2) is 19.2 Å². The van der Waals surface area contributed by atoms with E-state index in [4.69, 9.17) is 39.5 Å². The first-order valence-electron chi connectivity index (χ1n) is 18.1. The highest BCUT2D eigenvalue weighted by molar-refractivity contribution is 7.40. The van der Waals surface area contributed by atoms with E-state index < -0.39 is 20.5 Å². The zero-order valence-corrected chi connectivity index (χ0v) is 30.7. The van der Waals surface area contributed by atoms with E-state index >= 15 is 0 Å². The van der Waals surface area contributed by atoms with Crippen molar-refractivity contribution >= 4 is 19.9 Å². The summed E-state index contributed by atoms with van der Waals surface area (Å²) in [6.45, 7) is 6.70. The molecule has 3 heterocycles. The van der Waals surface area contributed by atoms with Crippen LogP contribution in [0.4, 0.5) is 10.2 Å². The predicted molar refractivity (Wildman–Crippen MR) is 194 cm³/mol. The number of benzene rings is 1. The number of nitriles is 2. The van der Waals surface area contributed by atoms with Crippen LogP contribution in [0.15, 0.2) is 36.7 Å². The number of fused-ring (bicyclic) bond motifs is 1. The lowest BCUT2D eigenvalue weighted by Crippen LogP contribution is -2.26. The molecule has 0 aliphatic carbocycles. The molecule has 1 saturated heterocycles. The van der Waals surface area contributed by atoms with E-state index in [1.807, 2.05) is 18.2 Å². The summed E-state index contributed by atoms with van der Waals surface area (Å²) in [5.41, 5.74) is 8.14. The molecule has 0 radical (unpaired) electrons. The average Bonchev–Trinajstić information content (AvgIpc) is 3.81. The number of nitrogen functional groups attached to an aromatic ring is 1. The number of hydrogen-bond acceptors (Lipinski definition) is 11. The molecule has 0 amide bonds. The van der Waals surface area contributed by atoms with Crippen LogP contribution in [0.5, 0.6) is 0 Å². The molecule has 12 nitrogen and oxygen atoms in total. The maximum atomic E-state index is 14.5. The van der Waals surface area contributed by atoms with Gasteiger partial charge in [0, 0.05) is 18.7 Å². The molecule has 2 aromatic heterocycles. The Kier molecular flexibility index (Phi) is 20.5. The number of unbranched alkanes of at least 4 members (excludes halogenated alkanes) is 11. The predicted octanol–water partition coefficient (Wildman–Crippen LogP) is 8.24. The minimum absolute atomic E-state index is 0.00394. The van der Waals surface area contributed by atoms with Crippen LogP contribution in [0, 0.1) is 29.0 Å². The minimum atomic E-state index is -2.20. The third-order valence-corrected chi connectivity index (χ3v) is 9.53. The fourth-order valence-electron chi connectivity index (χ4n) is 5.94. The van der Waals surface area contributed by atoms with Crippen LogP contribution < -0.4 is 5.73 Å². The van der Waals surface area contributed by atoms with Gasteiger partial charge in [0.2, 0.25) is 0 Å². The summed E-state index contributed by atoms with van der Waals surface area (Å²) >= 11 is 0. The van der Waals surface area contributed by atoms with E-state index in [-0.39, 0.29) is 44.2 Å². The first-order valence-corrected chi connectivity index (χ1v) is 19.2. The molecular weight excluding hydrogens is 674 g/mol. The highest BCUT2D eigenvalue weighted by Gasteiger charge is 2.30. The Balaban J connectivity index is 0.00000345. The number of aromatic nitrogens is 3. The topological polar surface area (TPSA) is 170 Å². The van der Waals surface area contributed by atoms with E-state index in [1.165, 1.54) is 82.7 Å². The summed E-state index contributed by atoms with van der Waals surface area (Å²) in [6.07, 6.45) is 17.2. The van der Waals surface area contributed by atoms with E-state index in [9.17, 15) is 9.28 Å². The van der Waals surface area contributed by atoms with Crippen molar-refractivity contribution < 1.29 is 32.5 Å². The molecular formula is C37H54FN6O6P. The second-order valence-electron chi connectivity index (χ2n) is 12.7. The second kappa shape index (κ2) is 24.8. The van der Waals surface area contributed by atoms with Crippen molar-refractivity contribution in [3.05, 3.63) is 59.3 Å². The smallest absolute Gasteiger partial charge is 0.330 e. The molecule has 14 heteroatoms. The van der Waals surface area contributed by atoms with Gasteiger partial charge < -0.3 is 33.9 Å². The van der Waals surface area contributed by atoms with E-state index in [0.717, 1.165) is 36.9 Å². The summed E-state index contributed by atoms with van der Waals surface area (Å²) in [5.74, 6) is -0.107. The van der Waals surface area contributed by atoms with Crippen molar-refractivity contribution in [1.82, 2.24) is 14.6 Å². The van der Waals surface area contributed by atoms with Crippen LogP contribution >= 0.6 is 8.60 Å². The lowest BCUT2D eigenvalue weighted by Gasteiger charge is -2.21. The van der Waals surface area contributed by atoms with Crippen LogP contribution in [0.25, 0.3) is 5.52 Å². The molecule has 0 saturated carbocycles. The SMILES string of the molecule is C#N.CCCCCCCCCCCCCCOCC(COP(O)OCC1CCC(c2ccc3c(N)ncnn23)O1)OCc1ccc(C#N)cc1F. The van der Waals surface area contributed by atoms with Gasteiger partial charge in [0.25, 0.3) is 0 Å². The number of anilines is 1. The van der Waals surface area contributed by atoms with Gasteiger partial charge in [0.1, 0.15) is 29.9 Å². The van der Waals surface area contributed by atoms with Gasteiger partial charge in [-0.15, -0.1) is 0 Å². The molecule has 4 atom stereocenters. The fraction of sp³-hybridized carbons (Fsp3) is 0.622. The monoisotopic (exact) mass is 728 g/mol. The summed E-state index contributed by atoms with van der Waals surface area (Å²) in [5, 5.41) is 19.8. The Morgan fingerprint density at radius 2 is 1.73 bits per heavy atom. The zero-order valence-electron chi connectivity index (χ0n) is 29.8. The number of nitrogens with two attached hydrogens (primary N) is 1. The van der Waals surface area contributed by atoms with Crippen molar-refractivity contribution in [3.8, 4) is 12.6 Å². The number of nitrogens with zero attached hydrogens (tertiary/aromatic N) is 5. The molecule has 3 aromatic rings. The highest BCUT2D eigenvalue weighted by atomic mass is 31.2. The minimum Gasteiger partial charge on any atom is -0.382 e. The molecule has 4 unspecified atom stereocenters. The number of rotatable bonds is 25. The third-order valence-electron chi connectivity index (χ3n) is 8.79. The van der Waals surface area contributed by atoms with E-state index in [2.05, 4.69) is 23.6 Å². The molecule has 0 spiro atoms. The van der Waals surface area contributed by atoms with Gasteiger partial charge in [0.15, 0.2) is 5.82 Å². The maximum absolute atomic E-state index is 14.5. The lowest BCUT2D eigenvalue weighted by molar-refractivity contribution is -0.0499. The van der Waals surface area contributed by atoms with Crippen molar-refractivity contribution in [2.45, 2.75) is 122 Å². The van der Waals surface area contributed by atoms with Crippen LogP contribution in [0.3, 0.4) is 0 Å². The van der Waals surface area contributed by atoms with Gasteiger partial charge >= 0.3 is 8.60 Å². The van der Waals surface area contributed by atoms with Gasteiger partial charge in [-0.3, -0.25) is 0 Å². The molecule has 0 bridgehead atoms. The van der Waals surface area contributed by atoms with Gasteiger partial charge in [-0.2, -0.15) is 10.4 Å². The van der Waals surface area contributed by atoms with Gasteiger partial charge in [-0.05, 0) is 43.5 Å². The average molecular weight is 729 g/mol. The number of hydrogen-bond donors (Lipinski definition) is 2. The maximum Gasteiger partial charge on any atom is 0.330 e. The summed E-state index contributed by atoms with van der Waals surface area (Å²) in [4.78, 5) is 14.5. The first kappa shape index (κ1) is 42.2. The van der Waals surface area contributed by atoms with E-state index in [1.54, 1.807) is 10.6 Å². The number of ether oxygens (including phenoxy) is 3. The van der Waals surface area contributed by atoms with Crippen LogP contribution in [-0.2, 0) is 29.9 Å². The standard InChI is InChI=1S/C36H53FN5O6P.CHN/c1-2-3-4-5-6-7-8-9-10-11-12-13-20-44-24-31(45-23-29-15-14-28(22-38)21-32(29)37)26-47-49(43)46-25-30-16-19-35(48-30)33-17-18-34-36(39)40-27-41-42(33)34;1-2/h14-15,17-18,21,27,30-31,35,43H,2-13,16,19-20,23-26H2,1H3,(H2,39,40,41);1H. The Morgan fingerprint density at radius 1 is 1.02 bits per heavy atom. The second-order valence-corrected chi connectivity index (χ2v) is 13.7. The highest BCUT2D eigenvalue weighted by Crippen LogP contribution is 2.38. The van der Waals surface area contributed by atoms with Crippen molar-refractivity contribution in [2.75, 3.05) is 32.2 Å². The Labute approximate surface area is 303 Å². The summed E-state index contributed by atoms with van der Waals surface area (Å²) in [6, 6.07) is 10.0. The molecule has 1 fully saturated rings. The zero-order chi connectivity index (χ0) is 36.7. The van der Waals surface area contributed by atoms with Gasteiger partial charge in [-0.1, -0.05) is 83.6 Å². The third kappa shape index (κ3) is 15.1. The fourth-order valence-corrected chi connectivity index (χ4v) is 6.60. The van der Waals surface area contributed by atoms with E-state index in [0.29, 0.717) is 18.0 Å². The van der Waals surface area contributed by atoms with Crippen LogP contribution in [0.2, 0.25) is 0 Å². The van der Waals surface area contributed by atoms with Crippen molar-refractivity contribution in [3.63, 3.8) is 0 Å². The number of halogens is 1. The largest absolute Gasteiger partial charge is 0.382 e. The van der Waals surface area contributed by atoms with Crippen LogP contribution in [-0.4, -0.2) is 58.1 Å². The molecule has 280 valence electrons. The Bertz CT molecular complexity index is 1470. The molecule has 3 N–H and O–H groups in total. The van der Waals surface area contributed by atoms with Crippen LogP contribution in [0.1, 0.15) is 120 Å². The first-order chi connectivity index (χ1) is 25.0. The summed E-state index contributed by atoms with van der Waals surface area (Å²) in [7, 11) is -2.20. The molecule has 51 heavy (non-hydrogen) atoms. The van der Waals surface area contributed by atoms with Crippen molar-refractivity contribution in [2.24, 2.45) is 0 Å². The Morgan fingerprint density at radius 3 is 2.41 bits per heavy atom. The molecule has 1 aromatic carbocycles. The normalized spacial score (nSPS) is 16.8. The molecule has 1 aliphatic rings. The molecule has 1 aliphatic heterocycles. The molecule has 4 rings (SSSR count). The quantitative estimate of drug-likeness (QED) is 0.0636. The lowest BCUT2D eigenvalue weighted by atomic mass is 10.1. The summed E-state index contributed by atoms with van der Waals surface area (Å²) < 4.78 is 45.5. The van der Waals surface area contributed by atoms with Gasteiger partial charge in [0.05, 0.1) is 49.9 Å².